The number of nitrogens with zero attached hydrogens (tertiary/aromatic N) is 1. The molecule has 0 spiro atoms. The summed E-state index contributed by atoms with van der Waals surface area (Å²) < 4.78 is 26.6. The minimum absolute atomic E-state index is 0.00919. The third kappa shape index (κ3) is 5.40. The molecule has 0 aliphatic heterocycles. The van der Waals surface area contributed by atoms with Crippen LogP contribution in [0.2, 0.25) is 0 Å². The summed E-state index contributed by atoms with van der Waals surface area (Å²) in [5.74, 6) is -0.763. The third-order valence-corrected chi connectivity index (χ3v) is 5.67. The summed E-state index contributed by atoms with van der Waals surface area (Å²) in [4.78, 5) is 26.2. The van der Waals surface area contributed by atoms with E-state index in [0.29, 0.717) is 0 Å². The van der Waals surface area contributed by atoms with Crippen LogP contribution in [0, 0.1) is 0 Å². The Balaban J connectivity index is 2.09. The van der Waals surface area contributed by atoms with E-state index in [1.807, 2.05) is 31.2 Å². The maximum Gasteiger partial charge on any atom is 0.254 e. The monoisotopic (exact) mass is 403 g/mol. The van der Waals surface area contributed by atoms with Crippen LogP contribution in [0.15, 0.2) is 53.4 Å². The van der Waals surface area contributed by atoms with E-state index in [1.165, 1.54) is 36.2 Å². The Morgan fingerprint density at radius 2 is 1.75 bits per heavy atom. The SMILES string of the molecule is CCNS(=O)(=O)c1cccc(C(=O)N(C)CC(=O)Nc2ccccc2CC)c1. The lowest BCUT2D eigenvalue weighted by Crippen LogP contribution is -2.35. The summed E-state index contributed by atoms with van der Waals surface area (Å²) in [6.07, 6.45) is 0.776. The van der Waals surface area contributed by atoms with Crippen molar-refractivity contribution in [2.24, 2.45) is 0 Å². The van der Waals surface area contributed by atoms with Gasteiger partial charge in [-0.15, -0.1) is 0 Å². The molecule has 0 fully saturated rings. The van der Waals surface area contributed by atoms with Crippen LogP contribution in [-0.2, 0) is 21.2 Å². The predicted octanol–water partition coefficient (Wildman–Crippen LogP) is 2.26. The van der Waals surface area contributed by atoms with Gasteiger partial charge < -0.3 is 10.2 Å². The molecule has 2 aromatic rings. The molecule has 0 aliphatic carbocycles. The zero-order valence-corrected chi connectivity index (χ0v) is 17.0. The van der Waals surface area contributed by atoms with Crippen LogP contribution in [-0.4, -0.2) is 45.3 Å². The van der Waals surface area contributed by atoms with E-state index in [-0.39, 0.29) is 29.5 Å². The zero-order chi connectivity index (χ0) is 20.7. The van der Waals surface area contributed by atoms with Crippen molar-refractivity contribution in [1.82, 2.24) is 9.62 Å². The Morgan fingerprint density at radius 1 is 1.04 bits per heavy atom. The van der Waals surface area contributed by atoms with Crippen molar-refractivity contribution in [3.8, 4) is 0 Å². The number of para-hydroxylation sites is 1. The van der Waals surface area contributed by atoms with Crippen molar-refractivity contribution < 1.29 is 18.0 Å². The van der Waals surface area contributed by atoms with Crippen molar-refractivity contribution in [3.63, 3.8) is 0 Å². The van der Waals surface area contributed by atoms with Gasteiger partial charge in [0.25, 0.3) is 5.91 Å². The Kier molecular flexibility index (Phi) is 7.31. The zero-order valence-electron chi connectivity index (χ0n) is 16.2. The highest BCUT2D eigenvalue weighted by molar-refractivity contribution is 7.89. The number of rotatable bonds is 8. The smallest absolute Gasteiger partial charge is 0.254 e. The molecule has 2 rings (SSSR count). The van der Waals surface area contributed by atoms with Crippen LogP contribution in [0.1, 0.15) is 29.8 Å². The van der Waals surface area contributed by atoms with E-state index in [4.69, 9.17) is 0 Å². The Bertz CT molecular complexity index is 957. The van der Waals surface area contributed by atoms with E-state index in [9.17, 15) is 18.0 Å². The molecule has 2 amide bonds. The van der Waals surface area contributed by atoms with E-state index in [1.54, 1.807) is 6.92 Å². The topological polar surface area (TPSA) is 95.6 Å². The van der Waals surface area contributed by atoms with Gasteiger partial charge in [-0.05, 0) is 36.2 Å². The van der Waals surface area contributed by atoms with Gasteiger partial charge in [0.05, 0.1) is 11.4 Å². The number of benzene rings is 2. The van der Waals surface area contributed by atoms with Crippen LogP contribution in [0.3, 0.4) is 0 Å². The van der Waals surface area contributed by atoms with Gasteiger partial charge in [-0.25, -0.2) is 13.1 Å². The first-order chi connectivity index (χ1) is 13.3. The molecule has 0 unspecified atom stereocenters. The lowest BCUT2D eigenvalue weighted by atomic mass is 10.1. The number of likely N-dealkylation sites (N-methyl/N-ethyl adjacent to an activating group) is 1. The Morgan fingerprint density at radius 3 is 2.43 bits per heavy atom. The fourth-order valence-electron chi connectivity index (χ4n) is 2.72. The van der Waals surface area contributed by atoms with Crippen molar-refractivity contribution in [3.05, 3.63) is 59.7 Å². The van der Waals surface area contributed by atoms with Crippen LogP contribution < -0.4 is 10.0 Å². The first kappa shape index (κ1) is 21.6. The molecule has 0 bridgehead atoms. The maximum atomic E-state index is 12.6. The normalized spacial score (nSPS) is 11.1. The Labute approximate surface area is 165 Å². The van der Waals surface area contributed by atoms with Crippen molar-refractivity contribution in [2.75, 3.05) is 25.5 Å². The molecule has 28 heavy (non-hydrogen) atoms. The average Bonchev–Trinajstić information content (AvgIpc) is 2.67. The summed E-state index contributed by atoms with van der Waals surface area (Å²) in [5, 5.41) is 2.81. The van der Waals surface area contributed by atoms with Gasteiger partial charge in [-0.1, -0.05) is 38.1 Å². The fraction of sp³-hybridized carbons (Fsp3) is 0.300. The first-order valence-electron chi connectivity index (χ1n) is 9.01. The molecule has 150 valence electrons. The number of hydrogen-bond donors (Lipinski definition) is 2. The molecular formula is C20H25N3O4S. The summed E-state index contributed by atoms with van der Waals surface area (Å²) in [6, 6.07) is 13.2. The number of carbonyl (C=O) groups excluding carboxylic acids is 2. The van der Waals surface area contributed by atoms with Crippen molar-refractivity contribution in [2.45, 2.75) is 25.2 Å². The summed E-state index contributed by atoms with van der Waals surface area (Å²) >= 11 is 0. The second-order valence-electron chi connectivity index (χ2n) is 6.25. The number of aryl methyl sites for hydroxylation is 1. The van der Waals surface area contributed by atoms with Crippen LogP contribution in [0.4, 0.5) is 5.69 Å². The Hall–Kier alpha value is -2.71. The molecule has 0 saturated heterocycles. The van der Waals surface area contributed by atoms with Crippen LogP contribution >= 0.6 is 0 Å². The largest absolute Gasteiger partial charge is 0.332 e. The lowest BCUT2D eigenvalue weighted by molar-refractivity contribution is -0.116. The van der Waals surface area contributed by atoms with Gasteiger partial charge in [0.1, 0.15) is 0 Å². The molecule has 7 nitrogen and oxygen atoms in total. The fourth-order valence-corrected chi connectivity index (χ4v) is 3.80. The molecule has 0 radical (unpaired) electrons. The quantitative estimate of drug-likeness (QED) is 0.707. The average molecular weight is 404 g/mol. The van der Waals surface area contributed by atoms with E-state index < -0.39 is 15.9 Å². The number of anilines is 1. The minimum atomic E-state index is -3.66. The predicted molar refractivity (Wildman–Crippen MR) is 109 cm³/mol. The number of sulfonamides is 1. The van der Waals surface area contributed by atoms with Crippen LogP contribution in [0.5, 0.6) is 0 Å². The third-order valence-electron chi connectivity index (χ3n) is 4.13. The molecule has 0 saturated carbocycles. The second-order valence-corrected chi connectivity index (χ2v) is 8.02. The van der Waals surface area contributed by atoms with E-state index in [0.717, 1.165) is 17.7 Å². The standard InChI is InChI=1S/C20H25N3O4S/c1-4-15-9-6-7-12-18(15)22-19(24)14-23(3)20(25)16-10-8-11-17(13-16)28(26,27)21-5-2/h6-13,21H,4-5,14H2,1-3H3,(H,22,24). The summed E-state index contributed by atoms with van der Waals surface area (Å²) in [6.45, 7) is 3.77. The minimum Gasteiger partial charge on any atom is -0.332 e. The van der Waals surface area contributed by atoms with Crippen molar-refractivity contribution >= 4 is 27.5 Å². The highest BCUT2D eigenvalue weighted by Crippen LogP contribution is 2.16. The number of hydrogen-bond acceptors (Lipinski definition) is 4. The maximum absolute atomic E-state index is 12.6. The van der Waals surface area contributed by atoms with E-state index >= 15 is 0 Å². The molecule has 0 aliphatic rings. The summed E-state index contributed by atoms with van der Waals surface area (Å²) in [5.41, 5.74) is 1.92. The molecular weight excluding hydrogens is 378 g/mol. The van der Waals surface area contributed by atoms with Gasteiger partial charge in [0.15, 0.2) is 0 Å². The van der Waals surface area contributed by atoms with Gasteiger partial charge in [-0.2, -0.15) is 0 Å². The molecule has 0 aromatic heterocycles. The molecule has 8 heteroatoms. The highest BCUT2D eigenvalue weighted by atomic mass is 32.2. The molecule has 0 atom stereocenters. The van der Waals surface area contributed by atoms with Crippen LogP contribution in [0.25, 0.3) is 0 Å². The van der Waals surface area contributed by atoms with Gasteiger partial charge >= 0.3 is 0 Å². The molecule has 2 N–H and O–H groups in total. The highest BCUT2D eigenvalue weighted by Gasteiger charge is 2.19. The van der Waals surface area contributed by atoms with Gasteiger partial charge in [-0.3, -0.25) is 9.59 Å². The first-order valence-corrected chi connectivity index (χ1v) is 10.5. The van der Waals surface area contributed by atoms with Gasteiger partial charge in [0, 0.05) is 24.8 Å². The van der Waals surface area contributed by atoms with Gasteiger partial charge in [0.2, 0.25) is 15.9 Å². The number of amides is 2. The second kappa shape index (κ2) is 9.48. The van der Waals surface area contributed by atoms with E-state index in [2.05, 4.69) is 10.0 Å². The number of carbonyl (C=O) groups is 2. The summed E-state index contributed by atoms with van der Waals surface area (Å²) in [7, 11) is -2.16. The molecule has 0 heterocycles. The molecule has 2 aromatic carbocycles. The number of nitrogens with one attached hydrogen (secondary N) is 2. The van der Waals surface area contributed by atoms with Crippen molar-refractivity contribution in [1.29, 1.82) is 0 Å². The lowest BCUT2D eigenvalue weighted by Gasteiger charge is -2.18.